The van der Waals surface area contributed by atoms with Crippen molar-refractivity contribution in [1.29, 1.82) is 0 Å². The fourth-order valence-corrected chi connectivity index (χ4v) is 3.77. The number of carbonyl (C=O) groups is 1. The Bertz CT molecular complexity index is 358. The first-order chi connectivity index (χ1) is 9.55. The van der Waals surface area contributed by atoms with Gasteiger partial charge in [0.2, 0.25) is 5.91 Å². The van der Waals surface area contributed by atoms with Gasteiger partial charge in [0.25, 0.3) is 0 Å². The second kappa shape index (κ2) is 6.85. The number of carbonyl (C=O) groups excluding carboxylic acids is 1. The maximum atomic E-state index is 12.6. The van der Waals surface area contributed by atoms with Gasteiger partial charge in [0.1, 0.15) is 0 Å². The van der Waals surface area contributed by atoms with Crippen LogP contribution in [0.2, 0.25) is 0 Å². The first kappa shape index (κ1) is 15.7. The third-order valence-corrected chi connectivity index (χ3v) is 5.15. The Morgan fingerprint density at radius 3 is 2.45 bits per heavy atom. The van der Waals surface area contributed by atoms with E-state index in [2.05, 4.69) is 17.1 Å². The lowest BCUT2D eigenvalue weighted by molar-refractivity contribution is -0.132. The van der Waals surface area contributed by atoms with Crippen molar-refractivity contribution in [2.24, 2.45) is 11.1 Å². The summed E-state index contributed by atoms with van der Waals surface area (Å²) in [6.45, 7) is 4.80. The van der Waals surface area contributed by atoms with E-state index in [1.54, 1.807) is 0 Å². The van der Waals surface area contributed by atoms with Crippen LogP contribution in [0.1, 0.15) is 51.9 Å². The van der Waals surface area contributed by atoms with Gasteiger partial charge in [0, 0.05) is 31.1 Å². The molecular formula is C15H27N3OS. The van der Waals surface area contributed by atoms with Gasteiger partial charge >= 0.3 is 0 Å². The smallest absolute Gasteiger partial charge is 0.226 e. The number of nitrogens with zero attached hydrogens (tertiary/aromatic N) is 1. The van der Waals surface area contributed by atoms with E-state index in [1.807, 2.05) is 0 Å². The molecule has 20 heavy (non-hydrogen) atoms. The summed E-state index contributed by atoms with van der Waals surface area (Å²) >= 11 is 4.94. The number of amides is 1. The number of piperidine rings is 1. The van der Waals surface area contributed by atoms with Crippen LogP contribution in [0.25, 0.3) is 0 Å². The summed E-state index contributed by atoms with van der Waals surface area (Å²) in [4.78, 5) is 15.4. The van der Waals surface area contributed by atoms with Gasteiger partial charge in [-0.05, 0) is 32.1 Å². The minimum absolute atomic E-state index is 0.0735. The number of nitrogens with two attached hydrogens (primary N) is 1. The lowest BCUT2D eigenvalue weighted by Gasteiger charge is -2.34. The highest BCUT2D eigenvalue weighted by molar-refractivity contribution is 7.80. The SMILES string of the molecule is CCC1(C(=O)NC2CCN(CC(N)=S)CC2)CCCC1. The van der Waals surface area contributed by atoms with Crippen LogP contribution < -0.4 is 11.1 Å². The van der Waals surface area contributed by atoms with Crippen molar-refractivity contribution < 1.29 is 4.79 Å². The van der Waals surface area contributed by atoms with Crippen molar-refractivity contribution in [2.45, 2.75) is 57.9 Å². The Labute approximate surface area is 127 Å². The van der Waals surface area contributed by atoms with Crippen LogP contribution in [-0.2, 0) is 4.79 Å². The van der Waals surface area contributed by atoms with Gasteiger partial charge < -0.3 is 11.1 Å². The van der Waals surface area contributed by atoms with E-state index < -0.39 is 0 Å². The zero-order valence-corrected chi connectivity index (χ0v) is 13.3. The summed E-state index contributed by atoms with van der Waals surface area (Å²) in [5, 5.41) is 3.30. The number of thiocarbonyl (C=S) groups is 1. The van der Waals surface area contributed by atoms with Crippen molar-refractivity contribution in [3.63, 3.8) is 0 Å². The van der Waals surface area contributed by atoms with E-state index in [9.17, 15) is 4.79 Å². The molecule has 3 N–H and O–H groups in total. The fraction of sp³-hybridized carbons (Fsp3) is 0.867. The van der Waals surface area contributed by atoms with E-state index in [4.69, 9.17) is 18.0 Å². The quantitative estimate of drug-likeness (QED) is 0.760. The Hall–Kier alpha value is -0.680. The highest BCUT2D eigenvalue weighted by Crippen LogP contribution is 2.41. The molecule has 4 nitrogen and oxygen atoms in total. The van der Waals surface area contributed by atoms with Gasteiger partial charge in [-0.2, -0.15) is 0 Å². The van der Waals surface area contributed by atoms with Crippen LogP contribution in [-0.4, -0.2) is 41.5 Å². The third-order valence-electron chi connectivity index (χ3n) is 5.02. The molecule has 0 radical (unpaired) electrons. The lowest BCUT2D eigenvalue weighted by Crippen LogP contribution is -2.49. The molecule has 114 valence electrons. The molecule has 0 aromatic carbocycles. The maximum Gasteiger partial charge on any atom is 0.226 e. The molecular weight excluding hydrogens is 270 g/mol. The van der Waals surface area contributed by atoms with Gasteiger partial charge in [-0.15, -0.1) is 0 Å². The van der Waals surface area contributed by atoms with E-state index in [1.165, 1.54) is 12.8 Å². The standard InChI is InChI=1S/C15H27N3OS/c1-2-15(7-3-4-8-15)14(19)17-12-5-9-18(10-6-12)11-13(16)20/h12H,2-11H2,1H3,(H2,16,20)(H,17,19). The summed E-state index contributed by atoms with van der Waals surface area (Å²) in [6.07, 6.45) is 7.52. The van der Waals surface area contributed by atoms with E-state index in [-0.39, 0.29) is 5.41 Å². The third kappa shape index (κ3) is 3.70. The molecule has 1 heterocycles. The van der Waals surface area contributed by atoms with Gasteiger partial charge in [-0.1, -0.05) is 32.0 Å². The maximum absolute atomic E-state index is 12.6. The summed E-state index contributed by atoms with van der Waals surface area (Å²) in [5.74, 6) is 0.297. The molecule has 1 saturated carbocycles. The molecule has 2 rings (SSSR count). The molecule has 5 heteroatoms. The molecule has 0 bridgehead atoms. The molecule has 0 atom stereocenters. The molecule has 0 aromatic rings. The fourth-order valence-electron chi connectivity index (χ4n) is 3.59. The minimum atomic E-state index is -0.0735. The number of hydrogen-bond donors (Lipinski definition) is 2. The highest BCUT2D eigenvalue weighted by atomic mass is 32.1. The minimum Gasteiger partial charge on any atom is -0.392 e. The van der Waals surface area contributed by atoms with Crippen LogP contribution in [0.3, 0.4) is 0 Å². The van der Waals surface area contributed by atoms with Gasteiger partial charge in [-0.3, -0.25) is 9.69 Å². The Morgan fingerprint density at radius 2 is 1.95 bits per heavy atom. The molecule has 2 aliphatic rings. The molecule has 1 amide bonds. The number of hydrogen-bond acceptors (Lipinski definition) is 3. The monoisotopic (exact) mass is 297 g/mol. The topological polar surface area (TPSA) is 58.4 Å². The number of rotatable bonds is 5. The predicted octanol–water partition coefficient (Wildman–Crippen LogP) is 1.82. The molecule has 1 saturated heterocycles. The van der Waals surface area contributed by atoms with Crippen molar-refractivity contribution in [3.8, 4) is 0 Å². The predicted molar refractivity (Wildman–Crippen MR) is 85.6 cm³/mol. The molecule has 0 spiro atoms. The van der Waals surface area contributed by atoms with Crippen LogP contribution in [0.5, 0.6) is 0 Å². The second-order valence-corrected chi connectivity index (χ2v) is 6.86. The summed E-state index contributed by atoms with van der Waals surface area (Å²) in [7, 11) is 0. The lowest BCUT2D eigenvalue weighted by atomic mass is 9.82. The second-order valence-electron chi connectivity index (χ2n) is 6.33. The van der Waals surface area contributed by atoms with Crippen molar-refractivity contribution >= 4 is 23.1 Å². The first-order valence-corrected chi connectivity index (χ1v) is 8.28. The number of likely N-dealkylation sites (tertiary alicyclic amines) is 1. The normalized spacial score (nSPS) is 23.6. The largest absolute Gasteiger partial charge is 0.392 e. The van der Waals surface area contributed by atoms with E-state index in [0.717, 1.165) is 45.2 Å². The van der Waals surface area contributed by atoms with Crippen LogP contribution >= 0.6 is 12.2 Å². The Kier molecular flexibility index (Phi) is 5.38. The van der Waals surface area contributed by atoms with Gasteiger partial charge in [-0.25, -0.2) is 0 Å². The van der Waals surface area contributed by atoms with Crippen molar-refractivity contribution in [2.75, 3.05) is 19.6 Å². The average Bonchev–Trinajstić information content (AvgIpc) is 2.90. The van der Waals surface area contributed by atoms with Crippen LogP contribution in [0.15, 0.2) is 0 Å². The van der Waals surface area contributed by atoms with E-state index >= 15 is 0 Å². The summed E-state index contributed by atoms with van der Waals surface area (Å²) < 4.78 is 0. The van der Waals surface area contributed by atoms with Crippen molar-refractivity contribution in [1.82, 2.24) is 10.2 Å². The van der Waals surface area contributed by atoms with Crippen LogP contribution in [0, 0.1) is 5.41 Å². The zero-order chi connectivity index (χ0) is 14.6. The molecule has 1 aliphatic heterocycles. The zero-order valence-electron chi connectivity index (χ0n) is 12.5. The summed E-state index contributed by atoms with van der Waals surface area (Å²) in [6, 6.07) is 0.328. The van der Waals surface area contributed by atoms with E-state index in [0.29, 0.717) is 23.5 Å². The Balaban J connectivity index is 1.80. The molecule has 1 aliphatic carbocycles. The average molecular weight is 297 g/mol. The van der Waals surface area contributed by atoms with Crippen LogP contribution in [0.4, 0.5) is 0 Å². The first-order valence-electron chi connectivity index (χ1n) is 7.87. The Morgan fingerprint density at radius 1 is 1.35 bits per heavy atom. The molecule has 2 fully saturated rings. The number of nitrogens with one attached hydrogen (secondary N) is 1. The van der Waals surface area contributed by atoms with Gasteiger partial charge in [0.05, 0.1) is 4.99 Å². The van der Waals surface area contributed by atoms with Gasteiger partial charge in [0.15, 0.2) is 0 Å². The molecule has 0 aromatic heterocycles. The van der Waals surface area contributed by atoms with Crippen molar-refractivity contribution in [3.05, 3.63) is 0 Å². The molecule has 0 unspecified atom stereocenters. The summed E-state index contributed by atoms with van der Waals surface area (Å²) in [5.41, 5.74) is 5.50. The highest BCUT2D eigenvalue weighted by Gasteiger charge is 2.40.